The van der Waals surface area contributed by atoms with E-state index in [1.54, 1.807) is 42.9 Å². The molecule has 13 heteroatoms. The second kappa shape index (κ2) is 13.2. The summed E-state index contributed by atoms with van der Waals surface area (Å²) >= 11 is 1.29. The summed E-state index contributed by atoms with van der Waals surface area (Å²) in [5.74, 6) is -2.08. The Hall–Kier alpha value is -4.33. The van der Waals surface area contributed by atoms with Crippen molar-refractivity contribution in [2.45, 2.75) is 6.54 Å². The van der Waals surface area contributed by atoms with Gasteiger partial charge in [-0.05, 0) is 45.4 Å². The molecule has 208 valence electrons. The van der Waals surface area contributed by atoms with Crippen molar-refractivity contribution in [1.82, 2.24) is 25.2 Å². The number of anilines is 4. The quantitative estimate of drug-likeness (QED) is 0.220. The van der Waals surface area contributed by atoms with E-state index < -0.39 is 17.3 Å². The highest BCUT2D eigenvalue weighted by Gasteiger charge is 2.26. The summed E-state index contributed by atoms with van der Waals surface area (Å²) in [7, 11) is 5.50. The summed E-state index contributed by atoms with van der Waals surface area (Å²) in [5, 5.41) is 11.1. The van der Waals surface area contributed by atoms with E-state index in [4.69, 9.17) is 4.98 Å². The van der Waals surface area contributed by atoms with Crippen molar-refractivity contribution in [2.75, 3.05) is 49.8 Å². The predicted molar refractivity (Wildman–Crippen MR) is 152 cm³/mol. The Bertz CT molecular complexity index is 1460. The van der Waals surface area contributed by atoms with E-state index in [1.807, 2.05) is 19.0 Å². The first-order valence-corrected chi connectivity index (χ1v) is 13.1. The molecule has 0 aliphatic carbocycles. The molecule has 0 unspecified atom stereocenters. The molecule has 0 atom stereocenters. The number of nitrogens with zero attached hydrogens (tertiary/aromatic N) is 5. The number of carbonyl (C=O) groups is 2. The van der Waals surface area contributed by atoms with Gasteiger partial charge in [0.05, 0.1) is 5.69 Å². The van der Waals surface area contributed by atoms with Crippen molar-refractivity contribution in [1.29, 1.82) is 0 Å². The van der Waals surface area contributed by atoms with Gasteiger partial charge in [0.1, 0.15) is 17.3 Å². The summed E-state index contributed by atoms with van der Waals surface area (Å²) in [4.78, 5) is 41.3. The van der Waals surface area contributed by atoms with Crippen molar-refractivity contribution >= 4 is 46.2 Å². The Morgan fingerprint density at radius 2 is 1.85 bits per heavy atom. The Morgan fingerprint density at radius 3 is 2.50 bits per heavy atom. The van der Waals surface area contributed by atoms with Crippen molar-refractivity contribution in [3.05, 3.63) is 76.8 Å². The fourth-order valence-electron chi connectivity index (χ4n) is 3.91. The lowest BCUT2D eigenvalue weighted by molar-refractivity contribution is -0.106. The molecule has 2 heterocycles. The molecule has 2 amide bonds. The largest absolute Gasteiger partial charge is 0.353 e. The molecule has 2 aromatic carbocycles. The molecule has 4 rings (SSSR count). The molecule has 0 saturated heterocycles. The lowest BCUT2D eigenvalue weighted by Crippen LogP contribution is -2.25. The van der Waals surface area contributed by atoms with Crippen LogP contribution in [-0.2, 0) is 11.3 Å². The van der Waals surface area contributed by atoms with Crippen LogP contribution >= 0.6 is 11.3 Å². The van der Waals surface area contributed by atoms with Gasteiger partial charge in [0.15, 0.2) is 10.9 Å². The third-order valence-electron chi connectivity index (χ3n) is 5.74. The smallest absolute Gasteiger partial charge is 0.257 e. The zero-order valence-electron chi connectivity index (χ0n) is 22.1. The molecule has 0 saturated carbocycles. The monoisotopic (exact) mass is 566 g/mol. The standard InChI is InChI=1S/C27H28F2N8O2S/c1-30-15-19-22(17-6-4-7-18(14-17)25(39)35-27-32-11-13-40-27)33-26(31-10-12-36(2)3)34-24(19)37(16-38)23-20(28)8-5-9-21(23)29/h4-9,11,13-14,16,30H,10,12,15H2,1-3H3,(H,31,33,34)(H,32,35,39). The van der Waals surface area contributed by atoms with Crippen molar-refractivity contribution in [2.24, 2.45) is 0 Å². The number of benzene rings is 2. The molecule has 0 spiro atoms. The van der Waals surface area contributed by atoms with Gasteiger partial charge in [-0.15, -0.1) is 11.3 Å². The van der Waals surface area contributed by atoms with E-state index >= 15 is 0 Å². The van der Waals surface area contributed by atoms with Crippen LogP contribution in [0.1, 0.15) is 15.9 Å². The molecule has 4 aromatic rings. The van der Waals surface area contributed by atoms with Crippen LogP contribution in [0.2, 0.25) is 0 Å². The van der Waals surface area contributed by atoms with Crippen LogP contribution in [0, 0.1) is 11.6 Å². The average Bonchev–Trinajstić information content (AvgIpc) is 3.44. The molecule has 0 fully saturated rings. The summed E-state index contributed by atoms with van der Waals surface area (Å²) in [6, 6.07) is 10.1. The maximum absolute atomic E-state index is 14.8. The third-order valence-corrected chi connectivity index (χ3v) is 6.43. The van der Waals surface area contributed by atoms with E-state index in [-0.39, 0.29) is 24.2 Å². The fourth-order valence-corrected chi connectivity index (χ4v) is 4.43. The topological polar surface area (TPSA) is 115 Å². The number of rotatable bonds is 12. The Labute approximate surface area is 234 Å². The van der Waals surface area contributed by atoms with Gasteiger partial charge >= 0.3 is 0 Å². The highest BCUT2D eigenvalue weighted by atomic mass is 32.1. The van der Waals surface area contributed by atoms with Crippen LogP contribution in [0.15, 0.2) is 54.0 Å². The minimum Gasteiger partial charge on any atom is -0.353 e. The van der Waals surface area contributed by atoms with Gasteiger partial charge in [-0.1, -0.05) is 18.2 Å². The Kier molecular flexibility index (Phi) is 9.43. The molecular formula is C27H28F2N8O2S. The summed E-state index contributed by atoms with van der Waals surface area (Å²) in [6.45, 7) is 1.26. The number of thiazole rings is 1. The molecule has 0 radical (unpaired) electrons. The van der Waals surface area contributed by atoms with E-state index in [9.17, 15) is 18.4 Å². The van der Waals surface area contributed by atoms with Gasteiger partial charge in [0, 0.05) is 47.9 Å². The number of likely N-dealkylation sites (N-methyl/N-ethyl adjacent to an activating group) is 1. The molecule has 0 aliphatic heterocycles. The first-order chi connectivity index (χ1) is 19.3. The van der Waals surface area contributed by atoms with E-state index in [2.05, 4.69) is 25.9 Å². The van der Waals surface area contributed by atoms with Gasteiger partial charge in [0.25, 0.3) is 5.91 Å². The van der Waals surface area contributed by atoms with Gasteiger partial charge in [0.2, 0.25) is 12.4 Å². The predicted octanol–water partition coefficient (Wildman–Crippen LogP) is 4.12. The van der Waals surface area contributed by atoms with Crippen LogP contribution in [0.3, 0.4) is 0 Å². The van der Waals surface area contributed by atoms with Gasteiger partial charge in [-0.3, -0.25) is 19.8 Å². The van der Waals surface area contributed by atoms with Crippen LogP contribution in [0.4, 0.5) is 31.4 Å². The molecular weight excluding hydrogens is 538 g/mol. The van der Waals surface area contributed by atoms with E-state index in [1.165, 1.54) is 17.4 Å². The van der Waals surface area contributed by atoms with Crippen LogP contribution in [0.5, 0.6) is 0 Å². The Balaban J connectivity index is 1.87. The Morgan fingerprint density at radius 1 is 1.10 bits per heavy atom. The summed E-state index contributed by atoms with van der Waals surface area (Å²) in [5.41, 5.74) is 1.09. The molecule has 0 aliphatic rings. The lowest BCUT2D eigenvalue weighted by Gasteiger charge is -2.23. The number of aromatic nitrogens is 3. The van der Waals surface area contributed by atoms with Gasteiger partial charge in [-0.25, -0.2) is 18.7 Å². The van der Waals surface area contributed by atoms with E-state index in [0.717, 1.165) is 17.0 Å². The summed E-state index contributed by atoms with van der Waals surface area (Å²) in [6.07, 6.45) is 1.90. The van der Waals surface area contributed by atoms with Crippen LogP contribution < -0.4 is 20.9 Å². The number of nitrogens with one attached hydrogen (secondary N) is 3. The number of halogens is 2. The number of hydrogen-bond acceptors (Lipinski definition) is 9. The zero-order valence-corrected chi connectivity index (χ0v) is 22.9. The first kappa shape index (κ1) is 28.7. The second-order valence-electron chi connectivity index (χ2n) is 8.88. The maximum Gasteiger partial charge on any atom is 0.257 e. The SMILES string of the molecule is CNCc1c(-c2cccc(C(=O)Nc3nccs3)c2)nc(NCCN(C)C)nc1N(C=O)c1c(F)cccc1F. The number of amides is 2. The van der Waals surface area contributed by atoms with Crippen molar-refractivity contribution in [3.8, 4) is 11.3 Å². The van der Waals surface area contributed by atoms with Crippen molar-refractivity contribution < 1.29 is 18.4 Å². The van der Waals surface area contributed by atoms with E-state index in [0.29, 0.717) is 47.0 Å². The molecule has 40 heavy (non-hydrogen) atoms. The highest BCUT2D eigenvalue weighted by molar-refractivity contribution is 7.13. The van der Waals surface area contributed by atoms with Crippen molar-refractivity contribution in [3.63, 3.8) is 0 Å². The molecule has 0 bridgehead atoms. The average molecular weight is 567 g/mol. The van der Waals surface area contributed by atoms with Crippen LogP contribution in [0.25, 0.3) is 11.3 Å². The van der Waals surface area contributed by atoms with Crippen LogP contribution in [-0.4, -0.2) is 66.4 Å². The first-order valence-electron chi connectivity index (χ1n) is 12.3. The maximum atomic E-state index is 14.8. The number of hydrogen-bond donors (Lipinski definition) is 3. The zero-order chi connectivity index (χ0) is 28.6. The van der Waals surface area contributed by atoms with Gasteiger partial charge < -0.3 is 15.5 Å². The second-order valence-corrected chi connectivity index (χ2v) is 9.77. The number of para-hydroxylation sites is 1. The lowest BCUT2D eigenvalue weighted by atomic mass is 10.0. The minimum atomic E-state index is -0.925. The third kappa shape index (κ3) is 6.62. The number of carbonyl (C=O) groups excluding carboxylic acids is 2. The molecule has 2 aromatic heterocycles. The highest BCUT2D eigenvalue weighted by Crippen LogP contribution is 2.35. The summed E-state index contributed by atoms with van der Waals surface area (Å²) < 4.78 is 29.7. The minimum absolute atomic E-state index is 0.0108. The molecule has 10 nitrogen and oxygen atoms in total. The van der Waals surface area contributed by atoms with Gasteiger partial charge in [-0.2, -0.15) is 4.98 Å². The fraction of sp³-hybridized carbons (Fsp3) is 0.222. The normalized spacial score (nSPS) is 10.9. The molecule has 3 N–H and O–H groups in total.